The summed E-state index contributed by atoms with van der Waals surface area (Å²) in [6.45, 7) is 6.45. The number of methoxy groups -OCH3 is 1. The minimum atomic E-state index is -1.24. The summed E-state index contributed by atoms with van der Waals surface area (Å²) in [5, 5.41) is 2.51. The zero-order valence-corrected chi connectivity index (χ0v) is 25.7. The van der Waals surface area contributed by atoms with Crippen LogP contribution in [-0.4, -0.2) is 60.5 Å². The largest absolute Gasteiger partial charge is 0.478 e. The molecule has 1 amide bonds. The first-order valence-corrected chi connectivity index (χ1v) is 15.2. The van der Waals surface area contributed by atoms with Crippen LogP contribution < -0.4 is 15.8 Å². The van der Waals surface area contributed by atoms with E-state index in [1.165, 1.54) is 18.9 Å². The Morgan fingerprint density at radius 2 is 1.84 bits per heavy atom. The summed E-state index contributed by atoms with van der Waals surface area (Å²) in [5.41, 5.74) is 8.02. The van der Waals surface area contributed by atoms with Gasteiger partial charge in [0.2, 0.25) is 0 Å². The summed E-state index contributed by atoms with van der Waals surface area (Å²) in [6.07, 6.45) is 2.26. The Morgan fingerprint density at radius 3 is 2.49 bits per heavy atom. The predicted molar refractivity (Wildman–Crippen MR) is 159 cm³/mol. The van der Waals surface area contributed by atoms with Crippen molar-refractivity contribution in [2.45, 2.75) is 64.1 Å². The number of esters is 1. The van der Waals surface area contributed by atoms with Crippen molar-refractivity contribution in [2.75, 3.05) is 26.2 Å². The minimum Gasteiger partial charge on any atom is -0.478 e. The molecule has 8 nitrogen and oxygen atoms in total. The van der Waals surface area contributed by atoms with Crippen molar-refractivity contribution >= 4 is 23.6 Å². The predicted octanol–water partition coefficient (Wildman–Crippen LogP) is 4.90. The maximum absolute atomic E-state index is 14.2. The fraction of sp³-hybridized carbons (Fsp3) is 0.484. The molecule has 12 heteroatoms. The standard InChI is InChI=1S/C31H40F3N3O5S/c1-5-6-23(15-22(35)13-21-14-26(33)27(34)16-25(21)32)37-11-12-43-30(37)29(38)36-17-20-7-9-24(10-8-20)42-28(19(2)3)31(39)41-18-40-4/h6-10,14,16,19,22,28,30H,5,11-13,15,17-18,35H2,1-4H3,(H,36,38)/b23-6-. The van der Waals surface area contributed by atoms with Gasteiger partial charge in [0.25, 0.3) is 5.91 Å². The molecule has 3 atom stereocenters. The number of carbonyl (C=O) groups is 2. The van der Waals surface area contributed by atoms with Gasteiger partial charge in [-0.1, -0.05) is 39.0 Å². The van der Waals surface area contributed by atoms with Gasteiger partial charge >= 0.3 is 5.97 Å². The van der Waals surface area contributed by atoms with Crippen molar-refractivity contribution in [1.29, 1.82) is 0 Å². The van der Waals surface area contributed by atoms with Crippen LogP contribution in [0.25, 0.3) is 0 Å². The van der Waals surface area contributed by atoms with Crippen LogP contribution in [0.5, 0.6) is 5.75 Å². The van der Waals surface area contributed by atoms with Crippen molar-refractivity contribution in [2.24, 2.45) is 11.7 Å². The number of hydrogen-bond acceptors (Lipinski definition) is 8. The van der Waals surface area contributed by atoms with Crippen LogP contribution >= 0.6 is 11.8 Å². The quantitative estimate of drug-likeness (QED) is 0.164. The van der Waals surface area contributed by atoms with Crippen LogP contribution in [0.1, 0.15) is 44.7 Å². The summed E-state index contributed by atoms with van der Waals surface area (Å²) in [6, 6.07) is 7.89. The third-order valence-corrected chi connectivity index (χ3v) is 7.98. The highest BCUT2D eigenvalue weighted by molar-refractivity contribution is 8.00. The third-order valence-electron chi connectivity index (χ3n) is 6.78. The Morgan fingerprint density at radius 1 is 1.14 bits per heavy atom. The topological polar surface area (TPSA) is 103 Å². The van der Waals surface area contributed by atoms with E-state index in [1.807, 2.05) is 43.9 Å². The van der Waals surface area contributed by atoms with Gasteiger partial charge in [-0.25, -0.2) is 18.0 Å². The number of nitrogens with zero attached hydrogens (tertiary/aromatic N) is 1. The number of nitrogens with one attached hydrogen (secondary N) is 1. The maximum Gasteiger partial charge on any atom is 0.349 e. The monoisotopic (exact) mass is 623 g/mol. The van der Waals surface area contributed by atoms with Crippen LogP contribution in [0.2, 0.25) is 0 Å². The first kappa shape index (κ1) is 34.3. The second-order valence-electron chi connectivity index (χ2n) is 10.6. The van der Waals surface area contributed by atoms with E-state index in [4.69, 9.17) is 19.9 Å². The fourth-order valence-corrected chi connectivity index (χ4v) is 5.82. The van der Waals surface area contributed by atoms with Crippen LogP contribution in [0.4, 0.5) is 13.2 Å². The normalized spacial score (nSPS) is 16.7. The van der Waals surface area contributed by atoms with Crippen molar-refractivity contribution in [3.63, 3.8) is 0 Å². The van der Waals surface area contributed by atoms with E-state index in [1.54, 1.807) is 12.1 Å². The zero-order chi connectivity index (χ0) is 31.5. The lowest BCUT2D eigenvalue weighted by atomic mass is 10.0. The molecule has 0 radical (unpaired) electrons. The lowest BCUT2D eigenvalue weighted by molar-refractivity contribution is -0.164. The summed E-state index contributed by atoms with van der Waals surface area (Å²) in [7, 11) is 1.43. The van der Waals surface area contributed by atoms with Gasteiger partial charge in [0, 0.05) is 56.1 Å². The van der Waals surface area contributed by atoms with Gasteiger partial charge in [-0.3, -0.25) is 4.79 Å². The van der Waals surface area contributed by atoms with E-state index in [9.17, 15) is 22.8 Å². The van der Waals surface area contributed by atoms with Crippen molar-refractivity contribution < 1.29 is 37.0 Å². The van der Waals surface area contributed by atoms with E-state index < -0.39 is 40.9 Å². The average molecular weight is 624 g/mol. The molecule has 43 heavy (non-hydrogen) atoms. The van der Waals surface area contributed by atoms with E-state index in [-0.39, 0.29) is 37.1 Å². The summed E-state index contributed by atoms with van der Waals surface area (Å²) < 4.78 is 56.8. The molecule has 3 unspecified atom stereocenters. The number of carbonyl (C=O) groups excluding carboxylic acids is 2. The number of thioether (sulfide) groups is 1. The molecule has 0 saturated carbocycles. The lowest BCUT2D eigenvalue weighted by Crippen LogP contribution is -2.42. The second-order valence-corrected chi connectivity index (χ2v) is 11.7. The van der Waals surface area contributed by atoms with E-state index >= 15 is 0 Å². The second kappa shape index (κ2) is 16.6. The number of amides is 1. The van der Waals surface area contributed by atoms with Crippen LogP contribution in [0.3, 0.4) is 0 Å². The number of ether oxygens (including phenoxy) is 3. The van der Waals surface area contributed by atoms with Crippen molar-refractivity contribution in [3.8, 4) is 5.75 Å². The minimum absolute atomic E-state index is 0.00881. The van der Waals surface area contributed by atoms with Crippen molar-refractivity contribution in [1.82, 2.24) is 10.2 Å². The van der Waals surface area contributed by atoms with Gasteiger partial charge in [0.05, 0.1) is 0 Å². The number of rotatable bonds is 15. The SMILES string of the molecule is CC/C=C(/CC(N)Cc1cc(F)c(F)cc1F)N1CCSC1C(=O)NCc1ccc(OC(C(=O)OCOC)C(C)C)cc1. The van der Waals surface area contributed by atoms with Gasteiger partial charge in [0.1, 0.15) is 11.6 Å². The highest BCUT2D eigenvalue weighted by Gasteiger charge is 2.33. The van der Waals surface area contributed by atoms with Crippen LogP contribution in [0, 0.1) is 23.4 Å². The molecular formula is C31H40F3N3O5S. The molecule has 1 saturated heterocycles. The smallest absolute Gasteiger partial charge is 0.349 e. The molecule has 2 aromatic rings. The Labute approximate surface area is 255 Å². The van der Waals surface area contributed by atoms with Gasteiger partial charge < -0.3 is 30.2 Å². The van der Waals surface area contributed by atoms with E-state index in [0.717, 1.165) is 23.1 Å². The van der Waals surface area contributed by atoms with E-state index in [2.05, 4.69) is 5.32 Å². The van der Waals surface area contributed by atoms with Gasteiger partial charge in [-0.15, -0.1) is 11.8 Å². The molecule has 0 aromatic heterocycles. The van der Waals surface area contributed by atoms with Gasteiger partial charge in [0.15, 0.2) is 29.9 Å². The molecule has 2 aromatic carbocycles. The molecule has 1 fully saturated rings. The molecule has 1 aliphatic rings. The molecule has 236 valence electrons. The molecule has 1 heterocycles. The third kappa shape index (κ3) is 9.90. The Bertz CT molecular complexity index is 1260. The average Bonchev–Trinajstić information content (AvgIpc) is 3.46. The highest BCUT2D eigenvalue weighted by atomic mass is 32.2. The first-order chi connectivity index (χ1) is 20.5. The summed E-state index contributed by atoms with van der Waals surface area (Å²) in [4.78, 5) is 27.5. The molecule has 3 N–H and O–H groups in total. The Hall–Kier alpha value is -3.22. The van der Waals surface area contributed by atoms with Gasteiger partial charge in [-0.2, -0.15) is 0 Å². The molecule has 3 rings (SSSR count). The van der Waals surface area contributed by atoms with Gasteiger partial charge in [-0.05, 0) is 42.2 Å². The summed E-state index contributed by atoms with van der Waals surface area (Å²) in [5.74, 6) is -2.76. The molecular weight excluding hydrogens is 583 g/mol. The Balaban J connectivity index is 1.58. The number of hydrogen-bond donors (Lipinski definition) is 2. The summed E-state index contributed by atoms with van der Waals surface area (Å²) >= 11 is 1.51. The number of nitrogens with two attached hydrogens (primary N) is 1. The number of benzene rings is 2. The maximum atomic E-state index is 14.2. The molecule has 0 spiro atoms. The Kier molecular flexibility index (Phi) is 13.2. The van der Waals surface area contributed by atoms with Crippen LogP contribution in [-0.2, 0) is 32.0 Å². The lowest BCUT2D eigenvalue weighted by Gasteiger charge is -2.29. The number of allylic oxidation sites excluding steroid dienone is 1. The number of halogens is 3. The molecule has 0 bridgehead atoms. The van der Waals surface area contributed by atoms with E-state index in [0.29, 0.717) is 31.2 Å². The fourth-order valence-electron chi connectivity index (χ4n) is 4.64. The molecule has 1 aliphatic heterocycles. The van der Waals surface area contributed by atoms with Crippen molar-refractivity contribution in [3.05, 3.63) is 76.7 Å². The first-order valence-electron chi connectivity index (χ1n) is 14.2. The highest BCUT2D eigenvalue weighted by Crippen LogP contribution is 2.30. The van der Waals surface area contributed by atoms with Crippen LogP contribution in [0.15, 0.2) is 48.2 Å². The zero-order valence-electron chi connectivity index (χ0n) is 24.9. The molecule has 0 aliphatic carbocycles.